The standard InChI is InChI=1S/C37H38N2O7Si/c1-23-34(47(3,4)43)33(18-19-40)46-37(23)28-21-26(44-2)16-17-29(28)38(36(37)42)22-24-10-9-11-25(20-24)39-30-13-6-8-15-32(30)45-31-14-7-5-12-27(31)35(39)41/h5-17,20-21,23,33-34,40,43H,18-19,22H2,1-4H3/t23-,33+,34-,37+/m0/s1. The molecule has 242 valence electrons. The number of nitrogens with zero attached hydrogens (tertiary/aromatic N) is 2. The number of fused-ring (bicyclic) bond motifs is 4. The number of amides is 2. The fourth-order valence-electron chi connectivity index (χ4n) is 7.78. The number of hydrogen-bond acceptors (Lipinski definition) is 7. The molecule has 0 radical (unpaired) electrons. The van der Waals surface area contributed by atoms with Gasteiger partial charge in [-0.3, -0.25) is 14.5 Å². The zero-order chi connectivity index (χ0) is 33.1. The maximum atomic E-state index is 14.8. The normalized spacial score (nSPS) is 23.3. The Morgan fingerprint density at radius 3 is 2.40 bits per heavy atom. The van der Waals surface area contributed by atoms with E-state index >= 15 is 0 Å². The first-order valence-corrected chi connectivity index (χ1v) is 18.9. The van der Waals surface area contributed by atoms with Crippen LogP contribution < -0.4 is 19.3 Å². The van der Waals surface area contributed by atoms with Crippen LogP contribution in [0.4, 0.5) is 17.1 Å². The molecule has 47 heavy (non-hydrogen) atoms. The van der Waals surface area contributed by atoms with Gasteiger partial charge in [0.2, 0.25) is 0 Å². The van der Waals surface area contributed by atoms with Crippen molar-refractivity contribution < 1.29 is 33.7 Å². The average Bonchev–Trinajstić information content (AvgIpc) is 3.43. The second kappa shape index (κ2) is 11.6. The molecule has 2 amide bonds. The summed E-state index contributed by atoms with van der Waals surface area (Å²) in [6.45, 7) is 5.80. The number of benzene rings is 4. The summed E-state index contributed by atoms with van der Waals surface area (Å²) < 4.78 is 18.5. The highest BCUT2D eigenvalue weighted by Crippen LogP contribution is 2.60. The van der Waals surface area contributed by atoms with Crippen LogP contribution in [0.3, 0.4) is 0 Å². The van der Waals surface area contributed by atoms with E-state index in [0.29, 0.717) is 51.9 Å². The zero-order valence-corrected chi connectivity index (χ0v) is 27.8. The van der Waals surface area contributed by atoms with E-state index < -0.39 is 20.0 Å². The molecule has 1 spiro atoms. The highest BCUT2D eigenvalue weighted by molar-refractivity contribution is 6.71. The third-order valence-electron chi connectivity index (χ3n) is 9.76. The number of aliphatic hydroxyl groups is 1. The highest BCUT2D eigenvalue weighted by Gasteiger charge is 2.66. The summed E-state index contributed by atoms with van der Waals surface area (Å²) >= 11 is 0. The summed E-state index contributed by atoms with van der Waals surface area (Å²) in [6.07, 6.45) is -0.159. The second-order valence-corrected chi connectivity index (χ2v) is 17.0. The summed E-state index contributed by atoms with van der Waals surface area (Å²) in [6, 6.07) is 27.8. The van der Waals surface area contributed by atoms with Gasteiger partial charge < -0.3 is 29.0 Å². The zero-order valence-electron chi connectivity index (χ0n) is 26.8. The highest BCUT2D eigenvalue weighted by atomic mass is 28.4. The molecular formula is C37H38N2O7Si. The summed E-state index contributed by atoms with van der Waals surface area (Å²) in [5.41, 5.74) is 2.28. The second-order valence-electron chi connectivity index (χ2n) is 13.0. The van der Waals surface area contributed by atoms with Crippen LogP contribution in [0.15, 0.2) is 91.0 Å². The van der Waals surface area contributed by atoms with Crippen molar-refractivity contribution >= 4 is 37.2 Å². The minimum absolute atomic E-state index is 0.113. The van der Waals surface area contributed by atoms with Gasteiger partial charge in [0.1, 0.15) is 11.5 Å². The molecule has 3 aliphatic rings. The first-order valence-electron chi connectivity index (χ1n) is 15.9. The van der Waals surface area contributed by atoms with E-state index in [2.05, 4.69) is 0 Å². The summed E-state index contributed by atoms with van der Waals surface area (Å²) in [5.74, 6) is 0.847. The number of aliphatic hydroxyl groups excluding tert-OH is 1. The number of carbonyl (C=O) groups is 2. The van der Waals surface area contributed by atoms with E-state index in [4.69, 9.17) is 14.2 Å². The van der Waals surface area contributed by atoms with Crippen LogP contribution >= 0.6 is 0 Å². The quantitative estimate of drug-likeness (QED) is 0.220. The number of anilines is 3. The molecule has 4 atom stereocenters. The molecule has 0 aromatic heterocycles. The predicted octanol–water partition coefficient (Wildman–Crippen LogP) is 6.51. The molecule has 0 unspecified atom stereocenters. The first kappa shape index (κ1) is 31.1. The number of rotatable bonds is 7. The lowest BCUT2D eigenvalue weighted by atomic mass is 9.82. The van der Waals surface area contributed by atoms with Gasteiger partial charge in [0, 0.05) is 29.3 Å². The SMILES string of the molecule is COc1ccc2c(c1)[C@@]1(O[C@H](CCO)[C@@H]([Si](C)(C)O)[C@@H]1C)C(=O)N2Cc1cccc(N2C(=O)c3ccccc3Oc3ccccc32)c1. The van der Waals surface area contributed by atoms with Gasteiger partial charge in [-0.2, -0.15) is 0 Å². The van der Waals surface area contributed by atoms with Crippen LogP contribution in [0.5, 0.6) is 17.2 Å². The number of methoxy groups -OCH3 is 1. The first-order chi connectivity index (χ1) is 22.6. The Balaban J connectivity index is 1.29. The maximum absolute atomic E-state index is 14.8. The lowest BCUT2D eigenvalue weighted by molar-refractivity contribution is -0.146. The minimum atomic E-state index is -2.83. The van der Waals surface area contributed by atoms with E-state index in [1.807, 2.05) is 98.9 Å². The Hall–Kier alpha value is -4.48. The fourth-order valence-corrected chi connectivity index (χ4v) is 10.4. The smallest absolute Gasteiger partial charge is 0.266 e. The average molecular weight is 651 g/mol. The molecule has 0 saturated carbocycles. The van der Waals surface area contributed by atoms with E-state index in [-0.39, 0.29) is 36.4 Å². The van der Waals surface area contributed by atoms with Crippen molar-refractivity contribution in [2.75, 3.05) is 23.5 Å². The summed E-state index contributed by atoms with van der Waals surface area (Å²) in [5, 5.41) is 9.91. The van der Waals surface area contributed by atoms with E-state index in [1.165, 1.54) is 0 Å². The van der Waals surface area contributed by atoms with Gasteiger partial charge in [0.05, 0.1) is 36.7 Å². The Bertz CT molecular complexity index is 1870. The molecule has 0 aliphatic carbocycles. The van der Waals surface area contributed by atoms with E-state index in [0.717, 1.165) is 5.56 Å². The van der Waals surface area contributed by atoms with Crippen molar-refractivity contribution in [3.63, 3.8) is 0 Å². The maximum Gasteiger partial charge on any atom is 0.266 e. The predicted molar refractivity (Wildman–Crippen MR) is 181 cm³/mol. The molecule has 7 rings (SSSR count). The number of hydrogen-bond donors (Lipinski definition) is 2. The Labute approximate surface area is 275 Å². The van der Waals surface area contributed by atoms with Gasteiger partial charge in [0.15, 0.2) is 19.7 Å². The van der Waals surface area contributed by atoms with Crippen molar-refractivity contribution in [1.29, 1.82) is 0 Å². The molecule has 10 heteroatoms. The number of ether oxygens (including phenoxy) is 3. The fraction of sp³-hybridized carbons (Fsp3) is 0.297. The topological polar surface area (TPSA) is 109 Å². The molecule has 9 nitrogen and oxygen atoms in total. The Morgan fingerprint density at radius 2 is 1.66 bits per heavy atom. The molecule has 2 N–H and O–H groups in total. The van der Waals surface area contributed by atoms with Crippen LogP contribution in [-0.4, -0.2) is 49.9 Å². The van der Waals surface area contributed by atoms with Crippen molar-refractivity contribution in [2.24, 2.45) is 5.92 Å². The largest absolute Gasteiger partial charge is 0.497 e. The Morgan fingerprint density at radius 1 is 0.915 bits per heavy atom. The van der Waals surface area contributed by atoms with Crippen LogP contribution in [0.1, 0.15) is 34.8 Å². The molecule has 1 saturated heterocycles. The number of carbonyl (C=O) groups excluding carboxylic acids is 2. The van der Waals surface area contributed by atoms with Gasteiger partial charge in [0.25, 0.3) is 11.8 Å². The van der Waals surface area contributed by atoms with E-state index in [1.54, 1.807) is 29.0 Å². The van der Waals surface area contributed by atoms with Crippen molar-refractivity contribution in [1.82, 2.24) is 0 Å². The van der Waals surface area contributed by atoms with Crippen LogP contribution in [0.2, 0.25) is 18.6 Å². The molecule has 4 aromatic carbocycles. The van der Waals surface area contributed by atoms with Crippen molar-refractivity contribution in [2.45, 2.75) is 50.2 Å². The molecule has 3 aliphatic heterocycles. The van der Waals surface area contributed by atoms with Gasteiger partial charge in [-0.1, -0.05) is 43.3 Å². The lowest BCUT2D eigenvalue weighted by Crippen LogP contribution is -2.46. The van der Waals surface area contributed by atoms with Crippen LogP contribution in [0.25, 0.3) is 0 Å². The van der Waals surface area contributed by atoms with Gasteiger partial charge in [-0.15, -0.1) is 0 Å². The third kappa shape index (κ3) is 4.94. The van der Waals surface area contributed by atoms with E-state index in [9.17, 15) is 19.5 Å². The monoisotopic (exact) mass is 650 g/mol. The van der Waals surface area contributed by atoms with Crippen LogP contribution in [-0.2, 0) is 21.7 Å². The molecular weight excluding hydrogens is 613 g/mol. The van der Waals surface area contributed by atoms with Gasteiger partial charge in [-0.25, -0.2) is 0 Å². The van der Waals surface area contributed by atoms with Gasteiger partial charge in [-0.05, 0) is 79.7 Å². The van der Waals surface area contributed by atoms with Crippen molar-refractivity contribution in [3.05, 3.63) is 108 Å². The molecule has 4 aromatic rings. The Kier molecular flexibility index (Phi) is 7.71. The van der Waals surface area contributed by atoms with Crippen molar-refractivity contribution in [3.8, 4) is 17.2 Å². The summed E-state index contributed by atoms with van der Waals surface area (Å²) in [7, 11) is -1.24. The molecule has 3 heterocycles. The summed E-state index contributed by atoms with van der Waals surface area (Å²) in [4.78, 5) is 43.6. The minimum Gasteiger partial charge on any atom is -0.497 e. The molecule has 0 bridgehead atoms. The molecule has 1 fully saturated rings. The van der Waals surface area contributed by atoms with Gasteiger partial charge >= 0.3 is 0 Å². The lowest BCUT2D eigenvalue weighted by Gasteiger charge is -2.32. The number of para-hydroxylation sites is 3. The van der Waals surface area contributed by atoms with Crippen LogP contribution in [0, 0.1) is 5.92 Å². The third-order valence-corrected chi connectivity index (χ3v) is 12.3.